The van der Waals surface area contributed by atoms with E-state index in [4.69, 9.17) is 4.74 Å². The summed E-state index contributed by atoms with van der Waals surface area (Å²) in [5, 5.41) is 3.13. The number of amides is 1. The second-order valence-corrected chi connectivity index (χ2v) is 9.44. The molecule has 0 aliphatic heterocycles. The van der Waals surface area contributed by atoms with Gasteiger partial charge in [-0.2, -0.15) is 0 Å². The zero-order chi connectivity index (χ0) is 23.1. The molecule has 0 spiro atoms. The third kappa shape index (κ3) is 3.29. The fraction of sp³-hybridized carbons (Fsp3) is 0.200. The van der Waals surface area contributed by atoms with Gasteiger partial charge in [0.2, 0.25) is 5.91 Å². The lowest BCUT2D eigenvalue weighted by Gasteiger charge is -2.50. The third-order valence-electron chi connectivity index (χ3n) is 7.39. The van der Waals surface area contributed by atoms with Gasteiger partial charge in [-0.25, -0.2) is 4.98 Å². The third-order valence-corrected chi connectivity index (χ3v) is 7.39. The molecule has 1 unspecified atom stereocenters. The van der Waals surface area contributed by atoms with E-state index >= 15 is 0 Å². The van der Waals surface area contributed by atoms with E-state index in [9.17, 15) is 4.79 Å². The summed E-state index contributed by atoms with van der Waals surface area (Å²) in [6.07, 6.45) is 2.45. The second kappa shape index (κ2) is 8.14. The fourth-order valence-corrected chi connectivity index (χ4v) is 5.78. The van der Waals surface area contributed by atoms with Crippen molar-refractivity contribution in [2.24, 2.45) is 5.41 Å². The molecule has 168 valence electrons. The Bertz CT molecular complexity index is 1320. The highest BCUT2D eigenvalue weighted by atomic mass is 16.5. The van der Waals surface area contributed by atoms with Crippen molar-refractivity contribution in [3.05, 3.63) is 125 Å². The molecule has 4 aromatic rings. The summed E-state index contributed by atoms with van der Waals surface area (Å²) in [7, 11) is 0. The Morgan fingerprint density at radius 2 is 1.50 bits per heavy atom. The minimum Gasteiger partial charge on any atom is -0.485 e. The van der Waals surface area contributed by atoms with Gasteiger partial charge in [0.1, 0.15) is 6.61 Å². The second-order valence-electron chi connectivity index (χ2n) is 9.44. The van der Waals surface area contributed by atoms with Crippen LogP contribution in [-0.2, 0) is 11.4 Å². The Hall–Kier alpha value is -3.92. The van der Waals surface area contributed by atoms with E-state index in [1.54, 1.807) is 6.20 Å². The monoisotopic (exact) mass is 446 g/mol. The number of benzene rings is 3. The summed E-state index contributed by atoms with van der Waals surface area (Å²) in [5.74, 6) is 1.24. The van der Waals surface area contributed by atoms with Crippen LogP contribution < -0.4 is 10.1 Å². The molecule has 1 aromatic heterocycles. The Morgan fingerprint density at radius 3 is 2.18 bits per heavy atom. The summed E-state index contributed by atoms with van der Waals surface area (Å²) in [5.41, 5.74) is 5.69. The van der Waals surface area contributed by atoms with Gasteiger partial charge in [0.15, 0.2) is 11.6 Å². The number of anilines is 1. The molecule has 34 heavy (non-hydrogen) atoms. The van der Waals surface area contributed by atoms with Crippen LogP contribution in [0.25, 0.3) is 0 Å². The molecule has 1 atom stereocenters. The zero-order valence-electron chi connectivity index (χ0n) is 19.1. The van der Waals surface area contributed by atoms with Crippen molar-refractivity contribution in [3.8, 4) is 5.75 Å². The molecule has 3 aliphatic rings. The van der Waals surface area contributed by atoms with Crippen molar-refractivity contribution >= 4 is 11.7 Å². The van der Waals surface area contributed by atoms with E-state index in [0.29, 0.717) is 18.2 Å². The van der Waals surface area contributed by atoms with Gasteiger partial charge < -0.3 is 10.1 Å². The molecule has 1 amide bonds. The summed E-state index contributed by atoms with van der Waals surface area (Å²) in [6.45, 7) is 2.51. The molecule has 0 saturated carbocycles. The summed E-state index contributed by atoms with van der Waals surface area (Å²) >= 11 is 0. The number of nitrogens with zero attached hydrogens (tertiary/aromatic N) is 1. The number of hydrogen-bond donors (Lipinski definition) is 1. The van der Waals surface area contributed by atoms with Crippen LogP contribution >= 0.6 is 0 Å². The molecule has 0 fully saturated rings. The van der Waals surface area contributed by atoms with Crippen LogP contribution in [0.5, 0.6) is 5.75 Å². The number of carbonyl (C=O) groups is 1. The van der Waals surface area contributed by atoms with Crippen LogP contribution in [0.15, 0.2) is 97.2 Å². The molecule has 4 heteroatoms. The molecule has 0 radical (unpaired) electrons. The van der Waals surface area contributed by atoms with Crippen LogP contribution in [0.3, 0.4) is 0 Å². The Kier molecular flexibility index (Phi) is 4.95. The van der Waals surface area contributed by atoms with Crippen molar-refractivity contribution in [1.82, 2.24) is 4.98 Å². The predicted octanol–water partition coefficient (Wildman–Crippen LogP) is 6.29. The minimum atomic E-state index is -0.596. The number of fused-ring (bicyclic) bond motifs is 1. The maximum absolute atomic E-state index is 13.9. The summed E-state index contributed by atoms with van der Waals surface area (Å²) in [6, 6.07) is 30.8. The van der Waals surface area contributed by atoms with Crippen LogP contribution in [0.2, 0.25) is 0 Å². The van der Waals surface area contributed by atoms with Crippen molar-refractivity contribution in [2.75, 3.05) is 5.32 Å². The van der Waals surface area contributed by atoms with E-state index in [1.165, 1.54) is 22.3 Å². The van der Waals surface area contributed by atoms with Crippen molar-refractivity contribution < 1.29 is 9.53 Å². The quantitative estimate of drug-likeness (QED) is 0.392. The van der Waals surface area contributed by atoms with Gasteiger partial charge >= 0.3 is 0 Å². The number of ether oxygens (including phenoxy) is 1. The van der Waals surface area contributed by atoms with Crippen molar-refractivity contribution in [2.45, 2.75) is 31.8 Å². The van der Waals surface area contributed by atoms with E-state index < -0.39 is 5.41 Å². The zero-order valence-corrected chi connectivity index (χ0v) is 19.1. The molecular weight excluding hydrogens is 420 g/mol. The molecule has 1 heterocycles. The smallest absolute Gasteiger partial charge is 0.232 e. The van der Waals surface area contributed by atoms with Crippen LogP contribution in [-0.4, -0.2) is 10.9 Å². The number of rotatable bonds is 5. The first-order valence-electron chi connectivity index (χ1n) is 11.8. The van der Waals surface area contributed by atoms with E-state index in [0.717, 1.165) is 12.0 Å². The van der Waals surface area contributed by atoms with E-state index in [-0.39, 0.29) is 17.7 Å². The molecule has 2 bridgehead atoms. The van der Waals surface area contributed by atoms with Crippen LogP contribution in [0.1, 0.15) is 53.0 Å². The Morgan fingerprint density at radius 1 is 0.882 bits per heavy atom. The van der Waals surface area contributed by atoms with E-state index in [1.807, 2.05) is 42.5 Å². The minimum absolute atomic E-state index is 0.00213. The number of nitrogens with one attached hydrogen (secondary N) is 1. The van der Waals surface area contributed by atoms with Gasteiger partial charge in [0, 0.05) is 18.0 Å². The lowest BCUT2D eigenvalue weighted by Crippen LogP contribution is -2.47. The molecule has 7 rings (SSSR count). The Labute approximate surface area is 199 Å². The maximum Gasteiger partial charge on any atom is 0.232 e. The van der Waals surface area contributed by atoms with Crippen LogP contribution in [0.4, 0.5) is 5.82 Å². The molecular formula is C30H26N2O2. The van der Waals surface area contributed by atoms with Gasteiger partial charge in [0.05, 0.1) is 5.41 Å². The molecule has 3 aliphatic carbocycles. The average molecular weight is 447 g/mol. The largest absolute Gasteiger partial charge is 0.485 e. The first kappa shape index (κ1) is 20.7. The van der Waals surface area contributed by atoms with Gasteiger partial charge in [-0.15, -0.1) is 0 Å². The fourth-order valence-electron chi connectivity index (χ4n) is 5.78. The first-order valence-corrected chi connectivity index (χ1v) is 11.8. The van der Waals surface area contributed by atoms with Crippen molar-refractivity contribution in [1.29, 1.82) is 0 Å². The molecule has 4 nitrogen and oxygen atoms in total. The average Bonchev–Trinajstić information content (AvgIpc) is 2.89. The summed E-state index contributed by atoms with van der Waals surface area (Å²) in [4.78, 5) is 18.4. The van der Waals surface area contributed by atoms with Gasteiger partial charge in [-0.1, -0.05) is 78.9 Å². The number of carbonyl (C=O) groups excluding carboxylic acids is 1. The topological polar surface area (TPSA) is 51.2 Å². The summed E-state index contributed by atoms with van der Waals surface area (Å²) < 4.78 is 6.04. The highest BCUT2D eigenvalue weighted by molar-refractivity contribution is 5.97. The van der Waals surface area contributed by atoms with Gasteiger partial charge in [-0.05, 0) is 53.3 Å². The molecule has 1 N–H and O–H groups in total. The van der Waals surface area contributed by atoms with Gasteiger partial charge in [0.25, 0.3) is 0 Å². The predicted molar refractivity (Wildman–Crippen MR) is 133 cm³/mol. The standard InChI is InChI=1S/C30H26N2O2/c1-30(18-25-21-12-5-7-14-23(21)27(30)24-15-8-6-13-22(24)25)29(33)32-28-26(16-9-17-31-28)34-19-20-10-3-2-4-11-20/h2-17,25,27H,18-19H2,1H3,(H,31,32,33). The number of hydrogen-bond acceptors (Lipinski definition) is 3. The van der Waals surface area contributed by atoms with Crippen molar-refractivity contribution in [3.63, 3.8) is 0 Å². The lowest BCUT2D eigenvalue weighted by molar-refractivity contribution is -0.126. The van der Waals surface area contributed by atoms with E-state index in [2.05, 4.69) is 65.8 Å². The maximum atomic E-state index is 13.9. The Balaban J connectivity index is 1.32. The highest BCUT2D eigenvalue weighted by Crippen LogP contribution is 2.61. The first-order chi connectivity index (χ1) is 16.6. The van der Waals surface area contributed by atoms with Crippen LogP contribution in [0, 0.1) is 5.41 Å². The SMILES string of the molecule is CC1(C(=O)Nc2ncccc2OCc2ccccc2)CC2c3ccccc3C1c1ccccc12. The van der Waals surface area contributed by atoms with Gasteiger partial charge in [-0.3, -0.25) is 4.79 Å². The normalized spacial score (nSPS) is 21.9. The highest BCUT2D eigenvalue weighted by Gasteiger charge is 2.54. The molecule has 3 aromatic carbocycles. The number of aromatic nitrogens is 1. The lowest BCUT2D eigenvalue weighted by atomic mass is 9.52. The number of pyridine rings is 1. The molecule has 0 saturated heterocycles.